The molecule has 0 fully saturated rings. The van der Waals surface area contributed by atoms with Gasteiger partial charge in [-0.3, -0.25) is 4.79 Å². The van der Waals surface area contributed by atoms with Crippen molar-refractivity contribution in [3.05, 3.63) is 82.7 Å². The summed E-state index contributed by atoms with van der Waals surface area (Å²) in [6.45, 7) is 0. The van der Waals surface area contributed by atoms with Gasteiger partial charge >= 0.3 is 5.97 Å². The average molecular weight is 364 g/mol. The normalized spacial score (nSPS) is 10.8. The summed E-state index contributed by atoms with van der Waals surface area (Å²) in [5.41, 5.74) is 2.43. The van der Waals surface area contributed by atoms with E-state index in [1.54, 1.807) is 24.5 Å². The number of ether oxygens (including phenoxy) is 1. The van der Waals surface area contributed by atoms with Crippen molar-refractivity contribution in [1.82, 2.24) is 0 Å². The number of carboxylic acids is 1. The van der Waals surface area contributed by atoms with Crippen molar-refractivity contribution < 1.29 is 19.4 Å². The molecule has 0 aliphatic carbocycles. The molecule has 0 amide bonds. The zero-order chi connectivity index (χ0) is 18.5. The first kappa shape index (κ1) is 17.6. The van der Waals surface area contributed by atoms with E-state index in [0.717, 1.165) is 16.0 Å². The monoisotopic (exact) mass is 364 g/mol. The van der Waals surface area contributed by atoms with E-state index in [9.17, 15) is 9.59 Å². The lowest BCUT2D eigenvalue weighted by Gasteiger charge is -2.07. The van der Waals surface area contributed by atoms with E-state index >= 15 is 0 Å². The van der Waals surface area contributed by atoms with E-state index in [2.05, 4.69) is 0 Å². The van der Waals surface area contributed by atoms with Crippen LogP contribution in [0.1, 0.15) is 26.3 Å². The minimum absolute atomic E-state index is 0.149. The maximum Gasteiger partial charge on any atom is 0.335 e. The lowest BCUT2D eigenvalue weighted by atomic mass is 10.0. The van der Waals surface area contributed by atoms with Crippen molar-refractivity contribution >= 4 is 29.2 Å². The maximum atomic E-state index is 12.3. The molecule has 0 atom stereocenters. The molecule has 26 heavy (non-hydrogen) atoms. The first-order valence-electron chi connectivity index (χ1n) is 7.86. The number of ketones is 1. The van der Waals surface area contributed by atoms with Crippen molar-refractivity contribution in [2.75, 3.05) is 7.11 Å². The minimum atomic E-state index is -1.02. The molecule has 3 rings (SSSR count). The topological polar surface area (TPSA) is 63.6 Å². The van der Waals surface area contributed by atoms with Gasteiger partial charge in [0.05, 0.1) is 12.7 Å². The van der Waals surface area contributed by atoms with E-state index in [4.69, 9.17) is 9.84 Å². The zero-order valence-corrected chi connectivity index (χ0v) is 14.8. The largest absolute Gasteiger partial charge is 0.496 e. The highest BCUT2D eigenvalue weighted by atomic mass is 32.1. The third-order valence-corrected chi connectivity index (χ3v) is 4.78. The van der Waals surface area contributed by atoms with E-state index in [-0.39, 0.29) is 11.3 Å². The third kappa shape index (κ3) is 3.90. The molecule has 0 unspecified atom stereocenters. The number of carboxylic acid groups (broad SMARTS) is 1. The van der Waals surface area contributed by atoms with Gasteiger partial charge in [0.25, 0.3) is 0 Å². The first-order chi connectivity index (χ1) is 12.6. The van der Waals surface area contributed by atoms with E-state index in [1.165, 1.54) is 30.3 Å². The fraction of sp³-hybridized carbons (Fsp3) is 0.0476. The number of allylic oxidation sites excluding steroid dienone is 1. The summed E-state index contributed by atoms with van der Waals surface area (Å²) in [5.74, 6) is -0.546. The molecule has 0 saturated heterocycles. The van der Waals surface area contributed by atoms with E-state index < -0.39 is 5.97 Å². The molecule has 3 aromatic rings. The molecule has 1 N–H and O–H groups in total. The van der Waals surface area contributed by atoms with Gasteiger partial charge in [-0.25, -0.2) is 4.79 Å². The van der Waals surface area contributed by atoms with E-state index in [1.807, 2.05) is 35.7 Å². The van der Waals surface area contributed by atoms with Crippen LogP contribution >= 0.6 is 11.3 Å². The fourth-order valence-corrected chi connectivity index (χ4v) is 3.22. The number of carbonyl (C=O) groups is 2. The Hall–Kier alpha value is -3.18. The first-order valence-corrected chi connectivity index (χ1v) is 8.74. The second-order valence-electron chi connectivity index (χ2n) is 5.51. The van der Waals surface area contributed by atoms with Gasteiger partial charge < -0.3 is 9.84 Å². The Morgan fingerprint density at radius 3 is 2.38 bits per heavy atom. The Labute approximate surface area is 155 Å². The van der Waals surface area contributed by atoms with Gasteiger partial charge in [-0.1, -0.05) is 18.2 Å². The summed E-state index contributed by atoms with van der Waals surface area (Å²) in [6.07, 6.45) is 3.18. The molecule has 130 valence electrons. The van der Waals surface area contributed by atoms with Crippen LogP contribution in [0.4, 0.5) is 0 Å². The van der Waals surface area contributed by atoms with Crippen LogP contribution in [-0.4, -0.2) is 24.0 Å². The minimum Gasteiger partial charge on any atom is -0.496 e. The summed E-state index contributed by atoms with van der Waals surface area (Å²) in [6, 6.07) is 15.7. The smallest absolute Gasteiger partial charge is 0.335 e. The second kappa shape index (κ2) is 7.80. The molecule has 0 spiro atoms. The Kier molecular flexibility index (Phi) is 5.29. The SMILES string of the molecule is COc1ccc(-c2cccs2)cc1/C=C/C(=O)c1ccc(C(=O)O)cc1. The van der Waals surface area contributed by atoms with Gasteiger partial charge in [0.15, 0.2) is 5.78 Å². The standard InChI is InChI=1S/C21H16O4S/c1-25-19-11-9-17(20-3-2-12-26-20)13-16(19)8-10-18(22)14-4-6-15(7-5-14)21(23)24/h2-13H,1H3,(H,23,24)/b10-8+. The zero-order valence-electron chi connectivity index (χ0n) is 14.0. The van der Waals surface area contributed by atoms with Crippen molar-refractivity contribution in [2.24, 2.45) is 0 Å². The molecule has 0 radical (unpaired) electrons. The number of rotatable bonds is 6. The number of hydrogen-bond acceptors (Lipinski definition) is 4. The van der Waals surface area contributed by atoms with Gasteiger partial charge in [-0.15, -0.1) is 11.3 Å². The van der Waals surface area contributed by atoms with Crippen LogP contribution in [-0.2, 0) is 0 Å². The molecule has 0 aliphatic heterocycles. The fourth-order valence-electron chi connectivity index (χ4n) is 2.50. The summed E-state index contributed by atoms with van der Waals surface area (Å²) < 4.78 is 5.37. The Balaban J connectivity index is 1.85. The van der Waals surface area contributed by atoms with Crippen LogP contribution in [0, 0.1) is 0 Å². The van der Waals surface area contributed by atoms with Gasteiger partial charge in [0.2, 0.25) is 0 Å². The molecule has 0 saturated carbocycles. The van der Waals surface area contributed by atoms with Crippen molar-refractivity contribution in [3.63, 3.8) is 0 Å². The van der Waals surface area contributed by atoms with Crippen molar-refractivity contribution in [1.29, 1.82) is 0 Å². The van der Waals surface area contributed by atoms with Crippen molar-refractivity contribution in [3.8, 4) is 16.2 Å². The number of benzene rings is 2. The van der Waals surface area contributed by atoms with Crippen LogP contribution < -0.4 is 4.74 Å². The Morgan fingerprint density at radius 2 is 1.77 bits per heavy atom. The molecule has 1 heterocycles. The molecule has 5 heteroatoms. The lowest BCUT2D eigenvalue weighted by molar-refractivity contribution is 0.0696. The van der Waals surface area contributed by atoms with Crippen LogP contribution in [0.2, 0.25) is 0 Å². The van der Waals surface area contributed by atoms with Crippen molar-refractivity contribution in [2.45, 2.75) is 0 Å². The van der Waals surface area contributed by atoms with Crippen LogP contribution in [0.15, 0.2) is 66.1 Å². The lowest BCUT2D eigenvalue weighted by Crippen LogP contribution is -1.99. The molecular weight excluding hydrogens is 348 g/mol. The molecular formula is C21H16O4S. The predicted molar refractivity (Wildman–Crippen MR) is 103 cm³/mol. The number of methoxy groups -OCH3 is 1. The molecule has 1 aromatic heterocycles. The second-order valence-corrected chi connectivity index (χ2v) is 6.46. The summed E-state index contributed by atoms with van der Waals surface area (Å²) in [5, 5.41) is 10.9. The highest BCUT2D eigenvalue weighted by Crippen LogP contribution is 2.30. The number of aromatic carboxylic acids is 1. The number of hydrogen-bond donors (Lipinski definition) is 1. The quantitative estimate of drug-likeness (QED) is 0.493. The van der Waals surface area contributed by atoms with Crippen LogP contribution in [0.5, 0.6) is 5.75 Å². The summed E-state index contributed by atoms with van der Waals surface area (Å²) in [4.78, 5) is 24.4. The average Bonchev–Trinajstić information content (AvgIpc) is 3.20. The van der Waals surface area contributed by atoms with E-state index in [0.29, 0.717) is 11.3 Å². The van der Waals surface area contributed by atoms with Gasteiger partial charge in [0, 0.05) is 16.0 Å². The predicted octanol–water partition coefficient (Wildman–Crippen LogP) is 5.02. The van der Waals surface area contributed by atoms with Crippen LogP contribution in [0.3, 0.4) is 0 Å². The van der Waals surface area contributed by atoms with Crippen LogP contribution in [0.25, 0.3) is 16.5 Å². The molecule has 4 nitrogen and oxygen atoms in total. The van der Waals surface area contributed by atoms with Gasteiger partial charge in [-0.05, 0) is 59.5 Å². The van der Waals surface area contributed by atoms with Gasteiger partial charge in [-0.2, -0.15) is 0 Å². The highest BCUT2D eigenvalue weighted by molar-refractivity contribution is 7.13. The molecule has 2 aromatic carbocycles. The maximum absolute atomic E-state index is 12.3. The summed E-state index contributed by atoms with van der Waals surface area (Å²) >= 11 is 1.64. The summed E-state index contributed by atoms with van der Waals surface area (Å²) in [7, 11) is 1.59. The Morgan fingerprint density at radius 1 is 1.04 bits per heavy atom. The molecule has 0 aliphatic rings. The number of carbonyl (C=O) groups excluding carboxylic acids is 1. The third-order valence-electron chi connectivity index (χ3n) is 3.87. The Bertz CT molecular complexity index is 954. The highest BCUT2D eigenvalue weighted by Gasteiger charge is 2.08. The molecule has 0 bridgehead atoms. The van der Waals surface area contributed by atoms with Gasteiger partial charge in [0.1, 0.15) is 5.75 Å². The number of thiophene rings is 1.